The number of sulfonamides is 1. The highest BCUT2D eigenvalue weighted by atomic mass is 35.5. The van der Waals surface area contributed by atoms with E-state index in [2.05, 4.69) is 5.32 Å². The van der Waals surface area contributed by atoms with Gasteiger partial charge in [-0.1, -0.05) is 60.3 Å². The van der Waals surface area contributed by atoms with Crippen molar-refractivity contribution >= 4 is 50.7 Å². The van der Waals surface area contributed by atoms with Crippen molar-refractivity contribution in [1.82, 2.24) is 10.2 Å². The Bertz CT molecular complexity index is 1450. The van der Waals surface area contributed by atoms with Crippen molar-refractivity contribution in [2.75, 3.05) is 24.5 Å². The van der Waals surface area contributed by atoms with Crippen LogP contribution in [0.3, 0.4) is 0 Å². The first-order valence-corrected chi connectivity index (χ1v) is 15.4. The van der Waals surface area contributed by atoms with Gasteiger partial charge in [-0.3, -0.25) is 13.9 Å². The van der Waals surface area contributed by atoms with Gasteiger partial charge in [-0.2, -0.15) is 0 Å². The normalized spacial score (nSPS) is 12.0. The van der Waals surface area contributed by atoms with E-state index in [0.29, 0.717) is 27.9 Å². The third-order valence-corrected chi connectivity index (χ3v) is 9.11. The van der Waals surface area contributed by atoms with Gasteiger partial charge >= 0.3 is 0 Å². The van der Waals surface area contributed by atoms with Gasteiger partial charge in [0.15, 0.2) is 0 Å². The van der Waals surface area contributed by atoms with Gasteiger partial charge in [0.2, 0.25) is 11.8 Å². The highest BCUT2D eigenvalue weighted by Crippen LogP contribution is 2.28. The van der Waals surface area contributed by atoms with E-state index in [1.165, 1.54) is 24.1 Å². The lowest BCUT2D eigenvalue weighted by Gasteiger charge is -2.32. The smallest absolute Gasteiger partial charge is 0.264 e. The van der Waals surface area contributed by atoms with Gasteiger partial charge in [0, 0.05) is 13.1 Å². The van der Waals surface area contributed by atoms with E-state index in [1.54, 1.807) is 61.5 Å². The highest BCUT2D eigenvalue weighted by Gasteiger charge is 2.32. The predicted molar refractivity (Wildman–Crippen MR) is 163 cm³/mol. The molecule has 0 radical (unpaired) electrons. The molecular weight excluding hydrogens is 585 g/mol. The number of anilines is 1. The molecule has 0 heterocycles. The number of unbranched alkanes of at least 4 members (excludes halogenated alkanes) is 1. The SMILES string of the molecule is CCCCNC(=O)[C@@H](C)N(Cc1ccc(Cl)c(Cl)c1)C(=O)CN(c1ccc(OC)cc1)S(=O)(=O)c1ccc(C)cc1. The van der Waals surface area contributed by atoms with Gasteiger partial charge < -0.3 is 15.0 Å². The van der Waals surface area contributed by atoms with Gasteiger partial charge in [-0.25, -0.2) is 8.42 Å². The predicted octanol–water partition coefficient (Wildman–Crippen LogP) is 5.84. The number of carbonyl (C=O) groups is 2. The van der Waals surface area contributed by atoms with Crippen molar-refractivity contribution in [3.63, 3.8) is 0 Å². The lowest BCUT2D eigenvalue weighted by Crippen LogP contribution is -2.51. The number of amides is 2. The maximum absolute atomic E-state index is 14.0. The van der Waals surface area contributed by atoms with Gasteiger partial charge in [-0.15, -0.1) is 0 Å². The number of halogens is 2. The van der Waals surface area contributed by atoms with Crippen molar-refractivity contribution in [3.05, 3.63) is 87.9 Å². The summed E-state index contributed by atoms with van der Waals surface area (Å²) in [6, 6.07) is 16.8. The summed E-state index contributed by atoms with van der Waals surface area (Å²) in [5, 5.41) is 3.52. The number of benzene rings is 3. The second-order valence-electron chi connectivity index (χ2n) is 9.61. The van der Waals surface area contributed by atoms with Crippen LogP contribution in [0.1, 0.15) is 37.8 Å². The molecule has 3 aromatic rings. The summed E-state index contributed by atoms with van der Waals surface area (Å²) >= 11 is 12.3. The third kappa shape index (κ3) is 8.38. The number of nitrogens with zero attached hydrogens (tertiary/aromatic N) is 2. The summed E-state index contributed by atoms with van der Waals surface area (Å²) < 4.78 is 34.0. The second-order valence-corrected chi connectivity index (χ2v) is 12.3. The fourth-order valence-corrected chi connectivity index (χ4v) is 5.80. The number of methoxy groups -OCH3 is 1. The Labute approximate surface area is 252 Å². The molecule has 0 unspecified atom stereocenters. The Morgan fingerprint density at radius 2 is 1.63 bits per heavy atom. The molecule has 3 aromatic carbocycles. The van der Waals surface area contributed by atoms with E-state index in [9.17, 15) is 18.0 Å². The Kier molecular flexibility index (Phi) is 11.5. The van der Waals surface area contributed by atoms with E-state index in [1.807, 2.05) is 13.8 Å². The third-order valence-electron chi connectivity index (χ3n) is 6.58. The van der Waals surface area contributed by atoms with Crippen LogP contribution in [-0.2, 0) is 26.2 Å². The Morgan fingerprint density at radius 3 is 2.22 bits per heavy atom. The van der Waals surface area contributed by atoms with Crippen LogP contribution in [0.2, 0.25) is 10.0 Å². The molecule has 0 aromatic heterocycles. The molecule has 2 amide bonds. The minimum absolute atomic E-state index is 0.0130. The summed E-state index contributed by atoms with van der Waals surface area (Å²) in [5.41, 5.74) is 1.80. The van der Waals surface area contributed by atoms with Crippen LogP contribution in [0.15, 0.2) is 71.6 Å². The molecule has 220 valence electrons. The zero-order valence-electron chi connectivity index (χ0n) is 23.6. The fourth-order valence-electron chi connectivity index (χ4n) is 4.07. The summed E-state index contributed by atoms with van der Waals surface area (Å²) in [6.45, 7) is 5.42. The first-order valence-electron chi connectivity index (χ1n) is 13.2. The van der Waals surface area contributed by atoms with Crippen molar-refractivity contribution in [3.8, 4) is 5.75 Å². The first-order chi connectivity index (χ1) is 19.5. The molecule has 0 aliphatic heterocycles. The quantitative estimate of drug-likeness (QED) is 0.243. The Morgan fingerprint density at radius 1 is 0.976 bits per heavy atom. The fraction of sp³-hybridized carbons (Fsp3) is 0.333. The number of carbonyl (C=O) groups excluding carboxylic acids is 2. The van der Waals surface area contributed by atoms with E-state index >= 15 is 0 Å². The van der Waals surface area contributed by atoms with Crippen LogP contribution in [0.25, 0.3) is 0 Å². The molecule has 1 N–H and O–H groups in total. The van der Waals surface area contributed by atoms with Gasteiger partial charge in [-0.05, 0) is 74.4 Å². The number of hydrogen-bond donors (Lipinski definition) is 1. The van der Waals surface area contributed by atoms with Gasteiger partial charge in [0.25, 0.3) is 10.0 Å². The van der Waals surface area contributed by atoms with Gasteiger partial charge in [0.05, 0.1) is 27.7 Å². The van der Waals surface area contributed by atoms with Crippen LogP contribution < -0.4 is 14.4 Å². The minimum Gasteiger partial charge on any atom is -0.497 e. The van der Waals surface area contributed by atoms with Crippen molar-refractivity contribution < 1.29 is 22.7 Å². The van der Waals surface area contributed by atoms with Crippen LogP contribution in [-0.4, -0.2) is 51.4 Å². The maximum Gasteiger partial charge on any atom is 0.264 e. The Hall–Kier alpha value is -3.27. The highest BCUT2D eigenvalue weighted by molar-refractivity contribution is 7.92. The molecule has 41 heavy (non-hydrogen) atoms. The zero-order valence-corrected chi connectivity index (χ0v) is 25.9. The van der Waals surface area contributed by atoms with Gasteiger partial charge in [0.1, 0.15) is 18.3 Å². The molecule has 0 saturated heterocycles. The number of nitrogens with one attached hydrogen (secondary N) is 1. The summed E-state index contributed by atoms with van der Waals surface area (Å²) in [6.07, 6.45) is 1.69. The van der Waals surface area contributed by atoms with E-state index in [-0.39, 0.29) is 23.0 Å². The van der Waals surface area contributed by atoms with Crippen molar-refractivity contribution in [2.45, 2.75) is 51.1 Å². The zero-order chi connectivity index (χ0) is 30.2. The molecule has 0 saturated carbocycles. The number of rotatable bonds is 13. The topological polar surface area (TPSA) is 96.0 Å². The average Bonchev–Trinajstić information content (AvgIpc) is 2.96. The molecule has 3 rings (SSSR count). The molecule has 8 nitrogen and oxygen atoms in total. The molecule has 11 heteroatoms. The van der Waals surface area contributed by atoms with Crippen LogP contribution in [0.5, 0.6) is 5.75 Å². The van der Waals surface area contributed by atoms with Crippen LogP contribution in [0, 0.1) is 6.92 Å². The van der Waals surface area contributed by atoms with Crippen LogP contribution in [0.4, 0.5) is 5.69 Å². The van der Waals surface area contributed by atoms with E-state index < -0.39 is 28.5 Å². The molecule has 0 aliphatic carbocycles. The summed E-state index contributed by atoms with van der Waals surface area (Å²) in [5.74, 6) is -0.378. The van der Waals surface area contributed by atoms with Crippen LogP contribution >= 0.6 is 23.2 Å². The standard InChI is InChI=1S/C30H35Cl2N3O5S/c1-5-6-17-33-30(37)22(3)34(19-23-9-16-27(31)28(32)18-23)29(36)20-35(24-10-12-25(40-4)13-11-24)41(38,39)26-14-7-21(2)8-15-26/h7-16,18,22H,5-6,17,19-20H2,1-4H3,(H,33,37)/t22-/m1/s1. The largest absolute Gasteiger partial charge is 0.497 e. The molecule has 0 fully saturated rings. The lowest BCUT2D eigenvalue weighted by molar-refractivity contribution is -0.139. The number of ether oxygens (including phenoxy) is 1. The van der Waals surface area contributed by atoms with E-state index in [4.69, 9.17) is 27.9 Å². The molecule has 1 atom stereocenters. The van der Waals surface area contributed by atoms with E-state index in [0.717, 1.165) is 22.7 Å². The minimum atomic E-state index is -4.16. The molecular formula is C30H35Cl2N3O5S. The number of hydrogen-bond acceptors (Lipinski definition) is 5. The second kappa shape index (κ2) is 14.6. The monoisotopic (exact) mass is 619 g/mol. The average molecular weight is 621 g/mol. The van der Waals surface area contributed by atoms with Crippen molar-refractivity contribution in [2.24, 2.45) is 0 Å². The Balaban J connectivity index is 2.02. The molecule has 0 spiro atoms. The van der Waals surface area contributed by atoms with Crippen molar-refractivity contribution in [1.29, 1.82) is 0 Å². The summed E-state index contributed by atoms with van der Waals surface area (Å²) in [4.78, 5) is 28.4. The molecule has 0 aliphatic rings. The summed E-state index contributed by atoms with van der Waals surface area (Å²) in [7, 11) is -2.65. The number of aryl methyl sites for hydroxylation is 1. The lowest BCUT2D eigenvalue weighted by atomic mass is 10.1. The maximum atomic E-state index is 14.0. The first kappa shape index (κ1) is 32.2. The molecule has 0 bridgehead atoms.